The van der Waals surface area contributed by atoms with E-state index in [9.17, 15) is 0 Å². The number of ether oxygens (including phenoxy) is 1. The smallest absolute Gasteiger partial charge is 0.260 e. The number of hydrogen-bond acceptors (Lipinski definition) is 5. The van der Waals surface area contributed by atoms with E-state index in [0.717, 1.165) is 24.6 Å². The second-order valence-corrected chi connectivity index (χ2v) is 5.18. The topological polar surface area (TPSA) is 47.3 Å². The first-order valence-corrected chi connectivity index (χ1v) is 6.98. The Labute approximate surface area is 117 Å². The zero-order valence-electron chi connectivity index (χ0n) is 11.2. The van der Waals surface area contributed by atoms with Crippen molar-refractivity contribution >= 4 is 11.8 Å². The van der Waals surface area contributed by atoms with Crippen molar-refractivity contribution in [3.05, 3.63) is 41.8 Å². The van der Waals surface area contributed by atoms with E-state index in [2.05, 4.69) is 35.4 Å². The number of nitrogens with zero attached hydrogens (tertiary/aromatic N) is 1. The van der Waals surface area contributed by atoms with Crippen LogP contribution in [0, 0.1) is 6.92 Å². The molecule has 0 saturated heterocycles. The summed E-state index contributed by atoms with van der Waals surface area (Å²) >= 11 is 1.53. The highest BCUT2D eigenvalue weighted by atomic mass is 32.2. The third kappa shape index (κ3) is 4.38. The molecule has 0 spiro atoms. The van der Waals surface area contributed by atoms with Gasteiger partial charge in [0.2, 0.25) is 0 Å². The van der Waals surface area contributed by atoms with Gasteiger partial charge in [-0.3, -0.25) is 0 Å². The highest BCUT2D eigenvalue weighted by Crippen LogP contribution is 2.27. The molecule has 0 amide bonds. The van der Waals surface area contributed by atoms with E-state index in [1.54, 1.807) is 19.6 Å². The fraction of sp³-hybridized carbons (Fsp3) is 0.357. The van der Waals surface area contributed by atoms with Gasteiger partial charge < -0.3 is 14.5 Å². The summed E-state index contributed by atoms with van der Waals surface area (Å²) < 4.78 is 10.2. The van der Waals surface area contributed by atoms with Crippen molar-refractivity contribution in [3.8, 4) is 0 Å². The Morgan fingerprint density at radius 3 is 3.00 bits per heavy atom. The van der Waals surface area contributed by atoms with Gasteiger partial charge in [0.25, 0.3) is 5.22 Å². The zero-order chi connectivity index (χ0) is 13.5. The van der Waals surface area contributed by atoms with Gasteiger partial charge in [0, 0.05) is 25.1 Å². The van der Waals surface area contributed by atoms with E-state index in [1.807, 2.05) is 0 Å². The van der Waals surface area contributed by atoms with Crippen molar-refractivity contribution in [1.82, 2.24) is 10.3 Å². The Bertz CT molecular complexity index is 500. The molecular weight excluding hydrogens is 260 g/mol. The Morgan fingerprint density at radius 1 is 1.42 bits per heavy atom. The largest absolute Gasteiger partial charge is 0.440 e. The molecule has 0 saturated carbocycles. The molecule has 4 nitrogen and oxygen atoms in total. The molecule has 5 heteroatoms. The highest BCUT2D eigenvalue weighted by molar-refractivity contribution is 7.99. The maximum Gasteiger partial charge on any atom is 0.260 e. The molecule has 2 rings (SSSR count). The van der Waals surface area contributed by atoms with Crippen molar-refractivity contribution in [2.24, 2.45) is 0 Å². The van der Waals surface area contributed by atoms with Gasteiger partial charge in [-0.25, -0.2) is 4.98 Å². The number of aromatic nitrogens is 1. The lowest BCUT2D eigenvalue weighted by Crippen LogP contribution is -2.19. The number of oxazole rings is 1. The van der Waals surface area contributed by atoms with Gasteiger partial charge in [0.1, 0.15) is 6.26 Å². The summed E-state index contributed by atoms with van der Waals surface area (Å²) in [6.45, 7) is 4.58. The SMILES string of the molecule is COCCNCc1ccc(Sc2ncco2)cc1C. The predicted molar refractivity (Wildman–Crippen MR) is 75.4 cm³/mol. The molecule has 0 radical (unpaired) electrons. The minimum atomic E-state index is 0.672. The number of aryl methyl sites for hydroxylation is 1. The summed E-state index contributed by atoms with van der Waals surface area (Å²) in [4.78, 5) is 5.24. The van der Waals surface area contributed by atoms with Gasteiger partial charge in [-0.2, -0.15) is 0 Å². The van der Waals surface area contributed by atoms with Crippen molar-refractivity contribution in [2.75, 3.05) is 20.3 Å². The van der Waals surface area contributed by atoms with Crippen LogP contribution in [0.5, 0.6) is 0 Å². The number of methoxy groups -OCH3 is 1. The lowest BCUT2D eigenvalue weighted by molar-refractivity contribution is 0.199. The normalized spacial score (nSPS) is 10.8. The molecule has 19 heavy (non-hydrogen) atoms. The first-order valence-electron chi connectivity index (χ1n) is 6.16. The van der Waals surface area contributed by atoms with E-state index in [1.165, 1.54) is 22.9 Å². The third-order valence-electron chi connectivity index (χ3n) is 2.73. The van der Waals surface area contributed by atoms with Crippen LogP contribution in [0.3, 0.4) is 0 Å². The molecule has 0 aliphatic heterocycles. The molecule has 1 aromatic carbocycles. The molecule has 1 heterocycles. The van der Waals surface area contributed by atoms with E-state index < -0.39 is 0 Å². The standard InChI is InChI=1S/C14H18N2O2S/c1-11-9-13(19-14-16-6-8-18-14)4-3-12(11)10-15-5-7-17-2/h3-4,6,8-9,15H,5,7,10H2,1-2H3. The molecule has 0 atom stereocenters. The Balaban J connectivity index is 1.93. The molecule has 0 unspecified atom stereocenters. The van der Waals surface area contributed by atoms with Crippen molar-refractivity contribution in [1.29, 1.82) is 0 Å². The van der Waals surface area contributed by atoms with Gasteiger partial charge in [-0.15, -0.1) is 0 Å². The van der Waals surface area contributed by atoms with E-state index in [0.29, 0.717) is 5.22 Å². The van der Waals surface area contributed by atoms with Crippen molar-refractivity contribution < 1.29 is 9.15 Å². The average Bonchev–Trinajstić information content (AvgIpc) is 2.90. The van der Waals surface area contributed by atoms with Gasteiger partial charge in [0.05, 0.1) is 12.8 Å². The maximum absolute atomic E-state index is 5.22. The molecule has 1 N–H and O–H groups in total. The minimum absolute atomic E-state index is 0.672. The summed E-state index contributed by atoms with van der Waals surface area (Å²) in [6.07, 6.45) is 3.24. The van der Waals surface area contributed by atoms with Crippen LogP contribution in [-0.2, 0) is 11.3 Å². The molecule has 1 aromatic heterocycles. The van der Waals surface area contributed by atoms with E-state index >= 15 is 0 Å². The van der Waals surface area contributed by atoms with E-state index in [4.69, 9.17) is 9.15 Å². The number of rotatable bonds is 7. The number of benzene rings is 1. The summed E-state index contributed by atoms with van der Waals surface area (Å²) in [5, 5.41) is 4.02. The summed E-state index contributed by atoms with van der Waals surface area (Å²) in [6, 6.07) is 6.39. The van der Waals surface area contributed by atoms with Crippen LogP contribution in [0.2, 0.25) is 0 Å². The molecule has 2 aromatic rings. The number of hydrogen-bond donors (Lipinski definition) is 1. The highest BCUT2D eigenvalue weighted by Gasteiger charge is 2.04. The Kier molecular flexibility index (Phi) is 5.44. The predicted octanol–water partition coefficient (Wildman–Crippen LogP) is 2.87. The summed E-state index contributed by atoms with van der Waals surface area (Å²) in [5.74, 6) is 0. The molecule has 0 aliphatic carbocycles. The lowest BCUT2D eigenvalue weighted by Gasteiger charge is -2.08. The minimum Gasteiger partial charge on any atom is -0.440 e. The molecular formula is C14H18N2O2S. The fourth-order valence-corrected chi connectivity index (χ4v) is 2.48. The first kappa shape index (κ1) is 14.1. The molecule has 102 valence electrons. The Hall–Kier alpha value is -1.30. The quantitative estimate of drug-likeness (QED) is 0.789. The van der Waals surface area contributed by atoms with Crippen LogP contribution in [0.25, 0.3) is 0 Å². The van der Waals surface area contributed by atoms with Gasteiger partial charge in [-0.1, -0.05) is 6.07 Å². The van der Waals surface area contributed by atoms with Crippen LogP contribution in [0.1, 0.15) is 11.1 Å². The number of nitrogens with one attached hydrogen (secondary N) is 1. The van der Waals surface area contributed by atoms with Crippen LogP contribution < -0.4 is 5.32 Å². The zero-order valence-corrected chi connectivity index (χ0v) is 12.0. The van der Waals surface area contributed by atoms with Gasteiger partial charge in [-0.05, 0) is 41.9 Å². The first-order chi connectivity index (χ1) is 9.29. The van der Waals surface area contributed by atoms with Crippen molar-refractivity contribution in [3.63, 3.8) is 0 Å². The summed E-state index contributed by atoms with van der Waals surface area (Å²) in [7, 11) is 1.71. The van der Waals surface area contributed by atoms with Crippen LogP contribution in [0.4, 0.5) is 0 Å². The molecule has 0 bridgehead atoms. The van der Waals surface area contributed by atoms with Crippen LogP contribution >= 0.6 is 11.8 Å². The van der Waals surface area contributed by atoms with Crippen LogP contribution in [0.15, 0.2) is 45.2 Å². The fourth-order valence-electron chi connectivity index (χ4n) is 1.69. The summed E-state index contributed by atoms with van der Waals surface area (Å²) in [5.41, 5.74) is 2.56. The van der Waals surface area contributed by atoms with Crippen molar-refractivity contribution in [2.45, 2.75) is 23.6 Å². The monoisotopic (exact) mass is 278 g/mol. The average molecular weight is 278 g/mol. The third-order valence-corrected chi connectivity index (χ3v) is 3.59. The molecule has 0 fully saturated rings. The van der Waals surface area contributed by atoms with E-state index in [-0.39, 0.29) is 0 Å². The second kappa shape index (κ2) is 7.33. The van der Waals surface area contributed by atoms with Gasteiger partial charge in [0.15, 0.2) is 0 Å². The lowest BCUT2D eigenvalue weighted by atomic mass is 10.1. The second-order valence-electron chi connectivity index (χ2n) is 4.16. The maximum atomic E-state index is 5.22. The molecule has 0 aliphatic rings. The van der Waals surface area contributed by atoms with Crippen LogP contribution in [-0.4, -0.2) is 25.2 Å². The Morgan fingerprint density at radius 2 is 2.32 bits per heavy atom. The van der Waals surface area contributed by atoms with Gasteiger partial charge >= 0.3 is 0 Å².